The molecule has 0 spiro atoms. The molecule has 0 fully saturated rings. The van der Waals surface area contributed by atoms with Crippen LogP contribution in [0, 0.1) is 0 Å². The normalized spacial score (nSPS) is 10.5. The van der Waals surface area contributed by atoms with Gasteiger partial charge < -0.3 is 10.6 Å². The second kappa shape index (κ2) is 5.44. The molecule has 2 rings (SSSR count). The lowest BCUT2D eigenvalue weighted by atomic mass is 10.2. The minimum Gasteiger partial charge on any atom is -0.343 e. The van der Waals surface area contributed by atoms with Crippen molar-refractivity contribution in [3.8, 4) is 11.3 Å². The lowest BCUT2D eigenvalue weighted by Gasteiger charge is -2.15. The Morgan fingerprint density at radius 3 is 3.00 bits per heavy atom. The van der Waals surface area contributed by atoms with Crippen LogP contribution in [-0.2, 0) is 0 Å². The van der Waals surface area contributed by atoms with Crippen molar-refractivity contribution in [3.63, 3.8) is 0 Å². The predicted octanol–water partition coefficient (Wildman–Crippen LogP) is 2.25. The largest absolute Gasteiger partial charge is 0.343 e. The summed E-state index contributed by atoms with van der Waals surface area (Å²) in [7, 11) is 1.92. The van der Waals surface area contributed by atoms with E-state index in [9.17, 15) is 0 Å². The van der Waals surface area contributed by atoms with Gasteiger partial charge in [-0.05, 0) is 12.1 Å². The molecule has 2 aromatic heterocycles. The number of hydrogen-bond donors (Lipinski definition) is 1. The van der Waals surface area contributed by atoms with E-state index in [0.29, 0.717) is 12.5 Å². The fourth-order valence-electron chi connectivity index (χ4n) is 1.43. The average molecular weight is 269 g/mol. The van der Waals surface area contributed by atoms with E-state index in [-0.39, 0.29) is 0 Å². The Morgan fingerprint density at radius 2 is 2.35 bits per heavy atom. The number of likely N-dealkylation sites (N-methyl/N-ethyl adjacent to an activating group) is 1. The van der Waals surface area contributed by atoms with Crippen LogP contribution in [0.1, 0.15) is 0 Å². The van der Waals surface area contributed by atoms with Gasteiger partial charge in [-0.15, -0.1) is 11.3 Å². The van der Waals surface area contributed by atoms with Crippen LogP contribution in [0.4, 0.5) is 5.95 Å². The molecule has 0 aromatic carbocycles. The van der Waals surface area contributed by atoms with Gasteiger partial charge in [0.05, 0.1) is 10.0 Å². The first-order valence-corrected chi connectivity index (χ1v) is 6.45. The summed E-state index contributed by atoms with van der Waals surface area (Å²) in [5, 5.41) is 1.98. The third kappa shape index (κ3) is 2.94. The molecule has 0 radical (unpaired) electrons. The first-order chi connectivity index (χ1) is 8.20. The van der Waals surface area contributed by atoms with Crippen LogP contribution < -0.4 is 10.6 Å². The molecule has 4 nitrogen and oxygen atoms in total. The number of halogens is 1. The van der Waals surface area contributed by atoms with Crippen molar-refractivity contribution in [2.75, 3.05) is 25.0 Å². The van der Waals surface area contributed by atoms with Gasteiger partial charge in [0.15, 0.2) is 0 Å². The van der Waals surface area contributed by atoms with Gasteiger partial charge in [-0.25, -0.2) is 9.97 Å². The number of aromatic nitrogens is 2. The Hall–Kier alpha value is -1.17. The second-order valence-corrected chi connectivity index (χ2v) is 5.13. The monoisotopic (exact) mass is 268 g/mol. The van der Waals surface area contributed by atoms with Crippen LogP contribution >= 0.6 is 22.9 Å². The van der Waals surface area contributed by atoms with Crippen molar-refractivity contribution in [1.29, 1.82) is 0 Å². The van der Waals surface area contributed by atoms with Gasteiger partial charge in [-0.2, -0.15) is 0 Å². The molecule has 0 bridgehead atoms. The van der Waals surface area contributed by atoms with E-state index in [4.69, 9.17) is 17.3 Å². The average Bonchev–Trinajstić information content (AvgIpc) is 2.76. The van der Waals surface area contributed by atoms with Crippen LogP contribution in [0.3, 0.4) is 0 Å². The van der Waals surface area contributed by atoms with Gasteiger partial charge in [0.2, 0.25) is 5.95 Å². The Kier molecular flexibility index (Phi) is 3.93. The Morgan fingerprint density at radius 1 is 1.53 bits per heavy atom. The van der Waals surface area contributed by atoms with Crippen molar-refractivity contribution < 1.29 is 0 Å². The van der Waals surface area contributed by atoms with Crippen LogP contribution in [-0.4, -0.2) is 30.1 Å². The lowest BCUT2D eigenvalue weighted by Crippen LogP contribution is -2.26. The summed E-state index contributed by atoms with van der Waals surface area (Å²) < 4.78 is 0.760. The predicted molar refractivity (Wildman–Crippen MR) is 72.7 cm³/mol. The number of rotatable bonds is 4. The standard InChI is InChI=1S/C11H13ClN4S/c1-16(5-3-13)11-14-4-2-9(15-11)8-6-10(12)17-7-8/h2,4,6-7H,3,5,13H2,1H3. The number of thiophene rings is 1. The maximum absolute atomic E-state index is 5.91. The molecule has 0 atom stereocenters. The van der Waals surface area contributed by atoms with Crippen molar-refractivity contribution in [1.82, 2.24) is 9.97 Å². The number of anilines is 1. The highest BCUT2D eigenvalue weighted by molar-refractivity contribution is 7.14. The van der Waals surface area contributed by atoms with Crippen LogP contribution in [0.25, 0.3) is 11.3 Å². The molecule has 0 saturated heterocycles. The first-order valence-electron chi connectivity index (χ1n) is 5.19. The number of hydrogen-bond acceptors (Lipinski definition) is 5. The molecule has 0 aliphatic rings. The summed E-state index contributed by atoms with van der Waals surface area (Å²) in [4.78, 5) is 10.6. The molecule has 0 amide bonds. The Balaban J connectivity index is 2.28. The minimum atomic E-state index is 0.578. The highest BCUT2D eigenvalue weighted by atomic mass is 35.5. The fourth-order valence-corrected chi connectivity index (χ4v) is 2.31. The molecule has 0 aliphatic heterocycles. The van der Waals surface area contributed by atoms with Gasteiger partial charge >= 0.3 is 0 Å². The first kappa shape index (κ1) is 12.3. The van der Waals surface area contributed by atoms with Crippen molar-refractivity contribution >= 4 is 28.9 Å². The fraction of sp³-hybridized carbons (Fsp3) is 0.273. The van der Waals surface area contributed by atoms with Gasteiger partial charge in [-0.3, -0.25) is 0 Å². The topological polar surface area (TPSA) is 55.0 Å². The summed E-state index contributed by atoms with van der Waals surface area (Å²) in [6.45, 7) is 1.31. The van der Waals surface area contributed by atoms with Crippen molar-refractivity contribution in [2.24, 2.45) is 5.73 Å². The zero-order chi connectivity index (χ0) is 12.3. The van der Waals surface area contributed by atoms with E-state index in [1.165, 1.54) is 11.3 Å². The SMILES string of the molecule is CN(CCN)c1nccc(-c2csc(Cl)c2)n1. The van der Waals surface area contributed by atoms with Gasteiger partial charge in [-0.1, -0.05) is 11.6 Å². The maximum Gasteiger partial charge on any atom is 0.225 e. The number of nitrogens with two attached hydrogens (primary N) is 1. The van der Waals surface area contributed by atoms with E-state index in [1.54, 1.807) is 6.20 Å². The maximum atomic E-state index is 5.91. The van der Waals surface area contributed by atoms with Gasteiger partial charge in [0.1, 0.15) is 0 Å². The highest BCUT2D eigenvalue weighted by Gasteiger charge is 2.07. The lowest BCUT2D eigenvalue weighted by molar-refractivity contribution is 0.847. The number of nitrogens with zero attached hydrogens (tertiary/aromatic N) is 3. The van der Waals surface area contributed by atoms with Gasteiger partial charge in [0, 0.05) is 37.3 Å². The molecule has 0 unspecified atom stereocenters. The van der Waals surface area contributed by atoms with E-state index in [0.717, 1.165) is 22.1 Å². The van der Waals surface area contributed by atoms with Crippen LogP contribution in [0.15, 0.2) is 23.7 Å². The van der Waals surface area contributed by atoms with E-state index >= 15 is 0 Å². The Labute approximate surface area is 109 Å². The minimum absolute atomic E-state index is 0.578. The summed E-state index contributed by atoms with van der Waals surface area (Å²) in [5.74, 6) is 0.676. The second-order valence-electron chi connectivity index (χ2n) is 3.59. The zero-order valence-electron chi connectivity index (χ0n) is 9.43. The zero-order valence-corrected chi connectivity index (χ0v) is 11.0. The third-order valence-corrected chi connectivity index (χ3v) is 3.40. The molecule has 17 heavy (non-hydrogen) atoms. The van der Waals surface area contributed by atoms with E-state index < -0.39 is 0 Å². The van der Waals surface area contributed by atoms with E-state index in [2.05, 4.69) is 9.97 Å². The molecule has 0 aliphatic carbocycles. The third-order valence-electron chi connectivity index (χ3n) is 2.31. The summed E-state index contributed by atoms with van der Waals surface area (Å²) in [6, 6.07) is 3.78. The summed E-state index contributed by atoms with van der Waals surface area (Å²) in [6.07, 6.45) is 1.75. The summed E-state index contributed by atoms with van der Waals surface area (Å²) >= 11 is 7.41. The quantitative estimate of drug-likeness (QED) is 0.924. The molecule has 2 heterocycles. The molecule has 90 valence electrons. The molecular weight excluding hydrogens is 256 g/mol. The highest BCUT2D eigenvalue weighted by Crippen LogP contribution is 2.27. The molecular formula is C11H13ClN4S. The molecule has 2 aromatic rings. The molecule has 0 saturated carbocycles. The van der Waals surface area contributed by atoms with E-state index in [1.807, 2.05) is 29.5 Å². The Bertz CT molecular complexity index is 500. The van der Waals surface area contributed by atoms with Crippen LogP contribution in [0.5, 0.6) is 0 Å². The van der Waals surface area contributed by atoms with Crippen molar-refractivity contribution in [2.45, 2.75) is 0 Å². The molecule has 6 heteroatoms. The molecule has 2 N–H and O–H groups in total. The smallest absolute Gasteiger partial charge is 0.225 e. The van der Waals surface area contributed by atoms with Crippen molar-refractivity contribution in [3.05, 3.63) is 28.0 Å². The van der Waals surface area contributed by atoms with Gasteiger partial charge in [0.25, 0.3) is 0 Å². The van der Waals surface area contributed by atoms with Crippen LogP contribution in [0.2, 0.25) is 4.34 Å². The summed E-state index contributed by atoms with van der Waals surface area (Å²) in [5.41, 5.74) is 7.40.